The Kier molecular flexibility index (Phi) is 1.70. The fourth-order valence-electron chi connectivity index (χ4n) is 0.838. The molecule has 4 nitrogen and oxygen atoms in total. The molecule has 0 saturated heterocycles. The van der Waals surface area contributed by atoms with Crippen LogP contribution in [0.4, 0.5) is 10.9 Å². The molecule has 0 spiro atoms. The summed E-state index contributed by atoms with van der Waals surface area (Å²) in [5.41, 5.74) is 11.1. The number of anilines is 2. The van der Waals surface area contributed by atoms with Crippen LogP contribution in [0.1, 0.15) is 0 Å². The van der Waals surface area contributed by atoms with Crippen LogP contribution in [-0.2, 0) is 0 Å². The molecular weight excluding hydrogens is 192 g/mol. The zero-order valence-electron chi connectivity index (χ0n) is 6.02. The summed E-state index contributed by atoms with van der Waals surface area (Å²) < 4.78 is 0. The SMILES string of the molecule is Nc1nc(N)c(-c2nccs2)s1. The van der Waals surface area contributed by atoms with Gasteiger partial charge in [0.1, 0.15) is 15.7 Å². The van der Waals surface area contributed by atoms with E-state index in [1.165, 1.54) is 22.7 Å². The number of aromatic nitrogens is 2. The van der Waals surface area contributed by atoms with Crippen molar-refractivity contribution in [3.63, 3.8) is 0 Å². The van der Waals surface area contributed by atoms with E-state index in [4.69, 9.17) is 11.5 Å². The van der Waals surface area contributed by atoms with E-state index in [1.807, 2.05) is 5.38 Å². The zero-order chi connectivity index (χ0) is 8.55. The van der Waals surface area contributed by atoms with Crippen molar-refractivity contribution in [2.24, 2.45) is 0 Å². The molecule has 2 heterocycles. The zero-order valence-corrected chi connectivity index (χ0v) is 7.65. The van der Waals surface area contributed by atoms with Crippen LogP contribution in [0.2, 0.25) is 0 Å². The minimum absolute atomic E-state index is 0.465. The van der Waals surface area contributed by atoms with Gasteiger partial charge in [0, 0.05) is 11.6 Å². The normalized spacial score (nSPS) is 10.3. The van der Waals surface area contributed by atoms with Crippen LogP contribution in [-0.4, -0.2) is 9.97 Å². The summed E-state index contributed by atoms with van der Waals surface area (Å²) in [5.74, 6) is 0.465. The minimum atomic E-state index is 0.465. The van der Waals surface area contributed by atoms with Crippen molar-refractivity contribution in [3.8, 4) is 9.88 Å². The first kappa shape index (κ1) is 7.51. The van der Waals surface area contributed by atoms with Gasteiger partial charge in [0.05, 0.1) is 0 Å². The number of rotatable bonds is 1. The highest BCUT2D eigenvalue weighted by molar-refractivity contribution is 7.23. The van der Waals surface area contributed by atoms with Gasteiger partial charge in [0.25, 0.3) is 0 Å². The van der Waals surface area contributed by atoms with Crippen molar-refractivity contribution in [3.05, 3.63) is 11.6 Å². The first-order valence-corrected chi connectivity index (χ1v) is 4.88. The average Bonchev–Trinajstić information content (AvgIpc) is 2.58. The van der Waals surface area contributed by atoms with Gasteiger partial charge in [0.2, 0.25) is 0 Å². The molecule has 0 amide bonds. The Balaban J connectivity index is 2.54. The van der Waals surface area contributed by atoms with E-state index in [9.17, 15) is 0 Å². The molecule has 0 bridgehead atoms. The standard InChI is InChI=1S/C6H6N4S2/c7-4-3(12-6(8)10-4)5-9-1-2-11-5/h1-2H,7H2,(H2,8,10). The third kappa shape index (κ3) is 1.15. The second-order valence-electron chi connectivity index (χ2n) is 2.10. The van der Waals surface area contributed by atoms with Crippen molar-refractivity contribution >= 4 is 33.6 Å². The predicted molar refractivity (Wildman–Crippen MR) is 52.0 cm³/mol. The van der Waals surface area contributed by atoms with Gasteiger partial charge < -0.3 is 11.5 Å². The lowest BCUT2D eigenvalue weighted by Gasteiger charge is -1.88. The first-order chi connectivity index (χ1) is 5.77. The maximum atomic E-state index is 5.62. The van der Waals surface area contributed by atoms with Crippen LogP contribution in [0.5, 0.6) is 0 Å². The molecule has 0 aromatic carbocycles. The van der Waals surface area contributed by atoms with Gasteiger partial charge in [-0.05, 0) is 0 Å². The molecule has 0 aliphatic heterocycles. The average molecular weight is 198 g/mol. The highest BCUT2D eigenvalue weighted by Crippen LogP contribution is 2.34. The van der Waals surface area contributed by atoms with Gasteiger partial charge in [-0.25, -0.2) is 9.97 Å². The van der Waals surface area contributed by atoms with Crippen molar-refractivity contribution < 1.29 is 0 Å². The van der Waals surface area contributed by atoms with Gasteiger partial charge >= 0.3 is 0 Å². The molecule has 6 heteroatoms. The molecule has 2 aromatic heterocycles. The van der Waals surface area contributed by atoms with Crippen LogP contribution in [0.15, 0.2) is 11.6 Å². The second-order valence-corrected chi connectivity index (χ2v) is 4.03. The number of hydrogen-bond donors (Lipinski definition) is 2. The van der Waals surface area contributed by atoms with E-state index in [-0.39, 0.29) is 0 Å². The van der Waals surface area contributed by atoms with E-state index < -0.39 is 0 Å². The number of nitrogens with zero attached hydrogens (tertiary/aromatic N) is 2. The quantitative estimate of drug-likeness (QED) is 0.726. The van der Waals surface area contributed by atoms with Gasteiger partial charge in [0.15, 0.2) is 5.13 Å². The lowest BCUT2D eigenvalue weighted by molar-refractivity contribution is 1.40. The summed E-state index contributed by atoms with van der Waals surface area (Å²) in [6.07, 6.45) is 1.73. The third-order valence-corrected chi connectivity index (χ3v) is 3.12. The molecule has 0 aliphatic carbocycles. The summed E-state index contributed by atoms with van der Waals surface area (Å²) in [4.78, 5) is 8.89. The van der Waals surface area contributed by atoms with E-state index in [1.54, 1.807) is 6.20 Å². The van der Waals surface area contributed by atoms with Gasteiger partial charge in [-0.1, -0.05) is 11.3 Å². The van der Waals surface area contributed by atoms with E-state index in [2.05, 4.69) is 9.97 Å². The molecular formula is C6H6N4S2. The number of thiazole rings is 2. The Morgan fingerprint density at radius 2 is 2.17 bits per heavy atom. The van der Waals surface area contributed by atoms with E-state index in [0.29, 0.717) is 10.9 Å². The van der Waals surface area contributed by atoms with Crippen LogP contribution in [0.3, 0.4) is 0 Å². The topological polar surface area (TPSA) is 77.8 Å². The van der Waals surface area contributed by atoms with Crippen molar-refractivity contribution in [1.29, 1.82) is 0 Å². The summed E-state index contributed by atoms with van der Waals surface area (Å²) in [6.45, 7) is 0. The molecule has 0 atom stereocenters. The summed E-state index contributed by atoms with van der Waals surface area (Å²) in [6, 6.07) is 0. The molecule has 4 N–H and O–H groups in total. The minimum Gasteiger partial charge on any atom is -0.382 e. The van der Waals surface area contributed by atoms with E-state index in [0.717, 1.165) is 9.88 Å². The highest BCUT2D eigenvalue weighted by atomic mass is 32.1. The van der Waals surface area contributed by atoms with Crippen molar-refractivity contribution in [1.82, 2.24) is 9.97 Å². The fraction of sp³-hybridized carbons (Fsp3) is 0. The van der Waals surface area contributed by atoms with Gasteiger partial charge in [-0.3, -0.25) is 0 Å². The lowest BCUT2D eigenvalue weighted by Crippen LogP contribution is -1.87. The number of nitrogens with two attached hydrogens (primary N) is 2. The van der Waals surface area contributed by atoms with Crippen LogP contribution >= 0.6 is 22.7 Å². The molecule has 0 aliphatic rings. The predicted octanol–water partition coefficient (Wildman–Crippen LogP) is 1.43. The summed E-state index contributed by atoms with van der Waals surface area (Å²) in [7, 11) is 0. The number of nitrogen functional groups attached to an aromatic ring is 2. The van der Waals surface area contributed by atoms with Crippen LogP contribution in [0, 0.1) is 0 Å². The van der Waals surface area contributed by atoms with Gasteiger partial charge in [-0.2, -0.15) is 0 Å². The Morgan fingerprint density at radius 3 is 2.67 bits per heavy atom. The van der Waals surface area contributed by atoms with Gasteiger partial charge in [-0.15, -0.1) is 11.3 Å². The molecule has 2 rings (SSSR count). The van der Waals surface area contributed by atoms with Crippen LogP contribution < -0.4 is 11.5 Å². The molecule has 0 radical (unpaired) electrons. The lowest BCUT2D eigenvalue weighted by atomic mass is 10.5. The van der Waals surface area contributed by atoms with E-state index >= 15 is 0 Å². The maximum absolute atomic E-state index is 5.62. The third-order valence-electron chi connectivity index (χ3n) is 1.30. The summed E-state index contributed by atoms with van der Waals surface area (Å²) in [5, 5.41) is 3.25. The second kappa shape index (κ2) is 2.72. The Labute approximate surface area is 76.9 Å². The fourth-order valence-corrected chi connectivity index (χ4v) is 2.33. The highest BCUT2D eigenvalue weighted by Gasteiger charge is 2.10. The molecule has 0 unspecified atom stereocenters. The molecule has 0 saturated carbocycles. The Bertz CT molecular complexity index is 378. The molecule has 12 heavy (non-hydrogen) atoms. The summed E-state index contributed by atoms with van der Waals surface area (Å²) >= 11 is 2.89. The smallest absolute Gasteiger partial charge is 0.182 e. The first-order valence-electron chi connectivity index (χ1n) is 3.19. The molecule has 62 valence electrons. The van der Waals surface area contributed by atoms with Crippen LogP contribution in [0.25, 0.3) is 9.88 Å². The monoisotopic (exact) mass is 198 g/mol. The Morgan fingerprint density at radius 1 is 1.33 bits per heavy atom. The maximum Gasteiger partial charge on any atom is 0.182 e. The Hall–Kier alpha value is -1.14. The molecule has 2 aromatic rings. The largest absolute Gasteiger partial charge is 0.382 e. The molecule has 0 fully saturated rings. The van der Waals surface area contributed by atoms with Crippen molar-refractivity contribution in [2.45, 2.75) is 0 Å². The number of hydrogen-bond acceptors (Lipinski definition) is 6. The van der Waals surface area contributed by atoms with Crippen molar-refractivity contribution in [2.75, 3.05) is 11.5 Å².